The summed E-state index contributed by atoms with van der Waals surface area (Å²) < 4.78 is 0. The fourth-order valence-electron chi connectivity index (χ4n) is 1.67. The predicted molar refractivity (Wildman–Crippen MR) is 57.3 cm³/mol. The Morgan fingerprint density at radius 3 is 2.75 bits per heavy atom. The third kappa shape index (κ3) is 2.30. The van der Waals surface area contributed by atoms with Crippen molar-refractivity contribution < 1.29 is 5.11 Å². The molecule has 0 unspecified atom stereocenters. The number of nitrogens with zero attached hydrogens (tertiary/aromatic N) is 1. The highest BCUT2D eigenvalue weighted by Gasteiger charge is 2.41. The Morgan fingerprint density at radius 2 is 2.19 bits per heavy atom. The quantitative estimate of drug-likeness (QED) is 0.516. The Hall–Kier alpha value is -1.63. The third-order valence-corrected chi connectivity index (χ3v) is 2.94. The molecule has 1 aliphatic rings. The predicted octanol–water partition coefficient (Wildman–Crippen LogP) is -0.967. The van der Waals surface area contributed by atoms with Crippen LogP contribution in [0.2, 0.25) is 0 Å². The number of anilines is 1. The topological polar surface area (TPSA) is 111 Å². The van der Waals surface area contributed by atoms with E-state index in [9.17, 15) is 9.59 Å². The number of hydrogen-bond donors (Lipinski definition) is 4. The van der Waals surface area contributed by atoms with E-state index in [-0.39, 0.29) is 17.8 Å². The van der Waals surface area contributed by atoms with Gasteiger partial charge in [0.2, 0.25) is 5.82 Å². The van der Waals surface area contributed by atoms with Crippen LogP contribution in [-0.2, 0) is 0 Å². The van der Waals surface area contributed by atoms with Crippen molar-refractivity contribution in [2.24, 2.45) is 5.41 Å². The van der Waals surface area contributed by atoms with Gasteiger partial charge >= 0.3 is 5.69 Å². The lowest BCUT2D eigenvalue weighted by molar-refractivity contribution is 0.253. The molecule has 2 rings (SSSR count). The summed E-state index contributed by atoms with van der Waals surface area (Å²) >= 11 is 0. The molecule has 0 atom stereocenters. The first-order valence-electron chi connectivity index (χ1n) is 5.19. The second-order valence-electron chi connectivity index (χ2n) is 4.18. The summed E-state index contributed by atoms with van der Waals surface area (Å²) in [6.45, 7) is 0.743. The molecular weight excluding hydrogens is 212 g/mol. The van der Waals surface area contributed by atoms with E-state index in [1.807, 2.05) is 0 Å². The standard InChI is InChI=1S/C9H14N4O3/c14-4-3-9(1-2-9)5-10-6-7(15)11-8(16)13-12-6/h14H,1-5H2,(H,10,12)(H2,11,13,15,16). The molecule has 88 valence electrons. The van der Waals surface area contributed by atoms with Crippen molar-refractivity contribution >= 4 is 5.82 Å². The monoisotopic (exact) mass is 226 g/mol. The Balaban J connectivity index is 2.00. The van der Waals surface area contributed by atoms with Gasteiger partial charge in [0.25, 0.3) is 5.56 Å². The Bertz CT molecular complexity index is 474. The van der Waals surface area contributed by atoms with Crippen LogP contribution in [-0.4, -0.2) is 33.4 Å². The Labute approximate surface area is 90.9 Å². The smallest absolute Gasteiger partial charge is 0.342 e. The first-order chi connectivity index (χ1) is 7.65. The van der Waals surface area contributed by atoms with Gasteiger partial charge in [0.1, 0.15) is 0 Å². The molecule has 1 saturated carbocycles. The van der Waals surface area contributed by atoms with Crippen LogP contribution in [0.15, 0.2) is 9.59 Å². The van der Waals surface area contributed by atoms with E-state index in [1.165, 1.54) is 0 Å². The van der Waals surface area contributed by atoms with Gasteiger partial charge in [0, 0.05) is 13.2 Å². The maximum absolute atomic E-state index is 11.3. The first-order valence-corrected chi connectivity index (χ1v) is 5.19. The summed E-state index contributed by atoms with van der Waals surface area (Å²) in [5.74, 6) is 0.115. The number of aliphatic hydroxyl groups is 1. The molecule has 4 N–H and O–H groups in total. The molecule has 0 spiro atoms. The number of H-pyrrole nitrogens is 2. The fourth-order valence-corrected chi connectivity index (χ4v) is 1.67. The van der Waals surface area contributed by atoms with Crippen LogP contribution in [0, 0.1) is 5.41 Å². The molecule has 1 heterocycles. The van der Waals surface area contributed by atoms with Crippen molar-refractivity contribution in [1.82, 2.24) is 15.2 Å². The maximum atomic E-state index is 11.3. The highest BCUT2D eigenvalue weighted by Crippen LogP contribution is 2.48. The lowest BCUT2D eigenvalue weighted by atomic mass is 10.0. The number of aliphatic hydroxyl groups excluding tert-OH is 1. The van der Waals surface area contributed by atoms with Crippen LogP contribution >= 0.6 is 0 Å². The normalized spacial score (nSPS) is 17.1. The van der Waals surface area contributed by atoms with Crippen LogP contribution in [0.4, 0.5) is 5.82 Å². The molecule has 1 aromatic heterocycles. The van der Waals surface area contributed by atoms with Crippen LogP contribution < -0.4 is 16.6 Å². The van der Waals surface area contributed by atoms with Crippen molar-refractivity contribution in [3.63, 3.8) is 0 Å². The molecule has 0 radical (unpaired) electrons. The van der Waals surface area contributed by atoms with E-state index in [1.54, 1.807) is 0 Å². The van der Waals surface area contributed by atoms with Crippen LogP contribution in [0.3, 0.4) is 0 Å². The van der Waals surface area contributed by atoms with Crippen molar-refractivity contribution in [3.05, 3.63) is 20.8 Å². The van der Waals surface area contributed by atoms with Gasteiger partial charge in [-0.15, -0.1) is 5.10 Å². The average molecular weight is 226 g/mol. The molecular formula is C9H14N4O3. The van der Waals surface area contributed by atoms with E-state index in [2.05, 4.69) is 20.5 Å². The molecule has 1 fully saturated rings. The van der Waals surface area contributed by atoms with Crippen molar-refractivity contribution in [3.8, 4) is 0 Å². The molecule has 0 amide bonds. The van der Waals surface area contributed by atoms with Gasteiger partial charge in [-0.3, -0.25) is 9.78 Å². The van der Waals surface area contributed by atoms with Gasteiger partial charge in [0.15, 0.2) is 0 Å². The zero-order valence-electron chi connectivity index (χ0n) is 8.75. The van der Waals surface area contributed by atoms with E-state index in [0.717, 1.165) is 19.3 Å². The minimum Gasteiger partial charge on any atom is -0.396 e. The van der Waals surface area contributed by atoms with Crippen molar-refractivity contribution in [2.45, 2.75) is 19.3 Å². The SMILES string of the molecule is O=c1[nH]nc(NCC2(CCO)CC2)c(=O)[nH]1. The molecule has 1 aromatic rings. The Morgan fingerprint density at radius 1 is 1.44 bits per heavy atom. The minimum atomic E-state index is -0.618. The summed E-state index contributed by atoms with van der Waals surface area (Å²) in [5, 5.41) is 17.5. The van der Waals surface area contributed by atoms with Gasteiger partial charge in [-0.05, 0) is 24.7 Å². The molecule has 7 heteroatoms. The minimum absolute atomic E-state index is 0.0962. The largest absolute Gasteiger partial charge is 0.396 e. The highest BCUT2D eigenvalue weighted by atomic mass is 16.3. The molecule has 0 aromatic carbocycles. The molecule has 0 bridgehead atoms. The molecule has 1 aliphatic carbocycles. The number of rotatable bonds is 5. The van der Waals surface area contributed by atoms with Crippen molar-refractivity contribution in [1.29, 1.82) is 0 Å². The molecule has 16 heavy (non-hydrogen) atoms. The number of hydrogen-bond acceptors (Lipinski definition) is 5. The van der Waals surface area contributed by atoms with Crippen molar-refractivity contribution in [2.75, 3.05) is 18.5 Å². The summed E-state index contributed by atoms with van der Waals surface area (Å²) in [4.78, 5) is 24.1. The Kier molecular flexibility index (Phi) is 2.78. The zero-order chi connectivity index (χ0) is 11.6. The molecule has 7 nitrogen and oxygen atoms in total. The van der Waals surface area contributed by atoms with Gasteiger partial charge < -0.3 is 10.4 Å². The van der Waals surface area contributed by atoms with Gasteiger partial charge in [0.05, 0.1) is 0 Å². The lowest BCUT2D eigenvalue weighted by Gasteiger charge is -2.13. The first kappa shape index (κ1) is 10.9. The summed E-state index contributed by atoms with van der Waals surface area (Å²) in [6.07, 6.45) is 2.81. The van der Waals surface area contributed by atoms with Gasteiger partial charge in [-0.25, -0.2) is 9.89 Å². The molecule has 0 saturated heterocycles. The maximum Gasteiger partial charge on any atom is 0.342 e. The summed E-state index contributed by atoms with van der Waals surface area (Å²) in [5.41, 5.74) is -1.05. The van der Waals surface area contributed by atoms with E-state index in [0.29, 0.717) is 6.54 Å². The van der Waals surface area contributed by atoms with E-state index in [4.69, 9.17) is 5.11 Å². The lowest BCUT2D eigenvalue weighted by Crippen LogP contribution is -2.29. The second-order valence-corrected chi connectivity index (χ2v) is 4.18. The summed E-state index contributed by atoms with van der Waals surface area (Å²) in [6, 6.07) is 0. The van der Waals surface area contributed by atoms with Crippen LogP contribution in [0.5, 0.6) is 0 Å². The highest BCUT2D eigenvalue weighted by molar-refractivity contribution is 5.29. The number of aromatic amines is 2. The second kappa shape index (κ2) is 4.09. The van der Waals surface area contributed by atoms with Crippen LogP contribution in [0.25, 0.3) is 0 Å². The zero-order valence-corrected chi connectivity index (χ0v) is 8.75. The van der Waals surface area contributed by atoms with E-state index < -0.39 is 11.2 Å². The van der Waals surface area contributed by atoms with Crippen LogP contribution in [0.1, 0.15) is 19.3 Å². The van der Waals surface area contributed by atoms with Gasteiger partial charge in [-0.2, -0.15) is 0 Å². The summed E-state index contributed by atoms with van der Waals surface area (Å²) in [7, 11) is 0. The van der Waals surface area contributed by atoms with Gasteiger partial charge in [-0.1, -0.05) is 0 Å². The number of nitrogens with one attached hydrogen (secondary N) is 3. The third-order valence-electron chi connectivity index (χ3n) is 2.94. The van der Waals surface area contributed by atoms with E-state index >= 15 is 0 Å². The molecule has 0 aliphatic heterocycles. The average Bonchev–Trinajstić information content (AvgIpc) is 2.98. The fraction of sp³-hybridized carbons (Fsp3) is 0.667. The number of aromatic nitrogens is 3.